The van der Waals surface area contributed by atoms with Gasteiger partial charge < -0.3 is 24.8 Å². The smallest absolute Gasteiger partial charge is 0.253 e. The minimum Gasteiger partial charge on any atom is -0.378 e. The lowest BCUT2D eigenvalue weighted by Crippen LogP contribution is -2.36. The molecule has 35 heavy (non-hydrogen) atoms. The molecule has 0 bridgehead atoms. The number of morpholine rings is 1. The Balaban J connectivity index is 1.44. The molecule has 4 heterocycles. The molecule has 3 aromatic rings. The molecule has 0 radical (unpaired) electrons. The SMILES string of the molecule is CN(C)C(=O)c1ccc(/C=C/c2cc(-c3cc4c([nH]3)CCNC4=O)ccn2)c(N2CCOCC2)c1. The van der Waals surface area contributed by atoms with E-state index in [-0.39, 0.29) is 11.8 Å². The van der Waals surface area contributed by atoms with Gasteiger partial charge in [0.15, 0.2) is 0 Å². The summed E-state index contributed by atoms with van der Waals surface area (Å²) in [6, 6.07) is 11.7. The van der Waals surface area contributed by atoms with Crippen molar-refractivity contribution in [3.05, 3.63) is 70.7 Å². The third kappa shape index (κ3) is 4.83. The number of ether oxygens (including phenoxy) is 1. The molecular formula is C27H29N5O3. The highest BCUT2D eigenvalue weighted by atomic mass is 16.5. The number of fused-ring (bicyclic) bond motifs is 1. The second-order valence-corrected chi connectivity index (χ2v) is 8.96. The van der Waals surface area contributed by atoms with E-state index in [9.17, 15) is 9.59 Å². The molecular weight excluding hydrogens is 442 g/mol. The summed E-state index contributed by atoms with van der Waals surface area (Å²) in [5.74, 6) is -0.0542. The van der Waals surface area contributed by atoms with Crippen LogP contribution in [0.25, 0.3) is 23.4 Å². The Bertz CT molecular complexity index is 1290. The molecule has 2 aliphatic rings. The fourth-order valence-electron chi connectivity index (χ4n) is 4.49. The van der Waals surface area contributed by atoms with Gasteiger partial charge in [0.2, 0.25) is 0 Å². The standard InChI is InChI=1S/C27H29N5O3/c1-31(2)27(34)20-4-3-18(25(16-20)32-11-13-35-14-12-32)5-6-21-15-19(7-9-28-21)24-17-22-23(30-24)8-10-29-26(22)33/h3-7,9,15-17,30H,8,10-14H2,1-2H3,(H,29,33)/b6-5+. The molecule has 2 amide bonds. The molecule has 2 aliphatic heterocycles. The molecule has 0 spiro atoms. The highest BCUT2D eigenvalue weighted by Crippen LogP contribution is 2.27. The quantitative estimate of drug-likeness (QED) is 0.597. The summed E-state index contributed by atoms with van der Waals surface area (Å²) in [4.78, 5) is 36.4. The van der Waals surface area contributed by atoms with Gasteiger partial charge in [-0.3, -0.25) is 14.6 Å². The lowest BCUT2D eigenvalue weighted by atomic mass is 10.0. The van der Waals surface area contributed by atoms with Gasteiger partial charge in [-0.15, -0.1) is 0 Å². The topological polar surface area (TPSA) is 90.6 Å². The highest BCUT2D eigenvalue weighted by molar-refractivity contribution is 5.98. The Kier molecular flexibility index (Phi) is 6.37. The molecule has 1 saturated heterocycles. The minimum absolute atomic E-state index is 0.0215. The van der Waals surface area contributed by atoms with E-state index < -0.39 is 0 Å². The molecule has 2 N–H and O–H groups in total. The van der Waals surface area contributed by atoms with Crippen molar-refractivity contribution in [2.24, 2.45) is 0 Å². The van der Waals surface area contributed by atoms with Crippen LogP contribution in [-0.2, 0) is 11.2 Å². The summed E-state index contributed by atoms with van der Waals surface area (Å²) in [6.07, 6.45) is 6.59. The van der Waals surface area contributed by atoms with Gasteiger partial charge in [0.1, 0.15) is 0 Å². The van der Waals surface area contributed by atoms with Gasteiger partial charge in [0, 0.05) is 74.5 Å². The summed E-state index contributed by atoms with van der Waals surface area (Å²) >= 11 is 0. The van der Waals surface area contributed by atoms with E-state index >= 15 is 0 Å². The number of hydrogen-bond acceptors (Lipinski definition) is 5. The molecule has 0 aliphatic carbocycles. The van der Waals surface area contributed by atoms with Crippen molar-refractivity contribution in [1.29, 1.82) is 0 Å². The van der Waals surface area contributed by atoms with E-state index in [1.165, 1.54) is 0 Å². The molecule has 0 saturated carbocycles. The van der Waals surface area contributed by atoms with Crippen LogP contribution in [0.3, 0.4) is 0 Å². The maximum atomic E-state index is 12.6. The second-order valence-electron chi connectivity index (χ2n) is 8.96. The number of aromatic amines is 1. The molecule has 2 aromatic heterocycles. The fraction of sp³-hybridized carbons (Fsp3) is 0.296. The first-order valence-corrected chi connectivity index (χ1v) is 11.8. The Morgan fingerprint density at radius 2 is 1.94 bits per heavy atom. The maximum absolute atomic E-state index is 12.6. The van der Waals surface area contributed by atoms with Crippen LogP contribution < -0.4 is 10.2 Å². The lowest BCUT2D eigenvalue weighted by molar-refractivity contribution is 0.0827. The van der Waals surface area contributed by atoms with Crippen LogP contribution in [-0.4, -0.2) is 73.6 Å². The Labute approximate surface area is 204 Å². The largest absolute Gasteiger partial charge is 0.378 e. The molecule has 180 valence electrons. The zero-order chi connectivity index (χ0) is 24.4. The van der Waals surface area contributed by atoms with Crippen LogP contribution in [0.2, 0.25) is 0 Å². The van der Waals surface area contributed by atoms with E-state index in [0.717, 1.165) is 53.4 Å². The van der Waals surface area contributed by atoms with E-state index in [0.29, 0.717) is 30.9 Å². The summed E-state index contributed by atoms with van der Waals surface area (Å²) in [5, 5.41) is 2.88. The van der Waals surface area contributed by atoms with E-state index in [1.807, 2.05) is 48.6 Å². The Hall–Kier alpha value is -3.91. The Morgan fingerprint density at radius 1 is 1.11 bits per heavy atom. The first kappa shape index (κ1) is 22.9. The van der Waals surface area contributed by atoms with Gasteiger partial charge in [-0.1, -0.05) is 12.1 Å². The van der Waals surface area contributed by atoms with E-state index in [4.69, 9.17) is 4.74 Å². The first-order valence-electron chi connectivity index (χ1n) is 11.8. The molecule has 8 heteroatoms. The molecule has 1 fully saturated rings. The fourth-order valence-corrected chi connectivity index (χ4v) is 4.49. The lowest BCUT2D eigenvalue weighted by Gasteiger charge is -2.30. The van der Waals surface area contributed by atoms with Gasteiger partial charge in [0.05, 0.1) is 24.5 Å². The van der Waals surface area contributed by atoms with E-state index in [1.54, 1.807) is 25.2 Å². The zero-order valence-corrected chi connectivity index (χ0v) is 20.0. The summed E-state index contributed by atoms with van der Waals surface area (Å²) in [5.41, 5.74) is 7.06. The van der Waals surface area contributed by atoms with Gasteiger partial charge in [-0.25, -0.2) is 0 Å². The van der Waals surface area contributed by atoms with E-state index in [2.05, 4.69) is 20.2 Å². The van der Waals surface area contributed by atoms with Gasteiger partial charge >= 0.3 is 0 Å². The van der Waals surface area contributed by atoms with Crippen molar-refractivity contribution in [2.45, 2.75) is 6.42 Å². The number of carbonyl (C=O) groups excluding carboxylic acids is 2. The third-order valence-electron chi connectivity index (χ3n) is 6.37. The molecule has 0 atom stereocenters. The summed E-state index contributed by atoms with van der Waals surface area (Å²) in [7, 11) is 3.52. The number of rotatable bonds is 5. The van der Waals surface area contributed by atoms with Crippen molar-refractivity contribution >= 4 is 29.7 Å². The van der Waals surface area contributed by atoms with Gasteiger partial charge in [0.25, 0.3) is 11.8 Å². The average Bonchev–Trinajstić information content (AvgIpc) is 3.33. The van der Waals surface area contributed by atoms with Crippen LogP contribution in [0.5, 0.6) is 0 Å². The summed E-state index contributed by atoms with van der Waals surface area (Å²) < 4.78 is 5.53. The number of pyridine rings is 1. The molecule has 8 nitrogen and oxygen atoms in total. The van der Waals surface area contributed by atoms with Crippen LogP contribution in [0.4, 0.5) is 5.69 Å². The normalized spacial score (nSPS) is 15.7. The summed E-state index contributed by atoms with van der Waals surface area (Å²) in [6.45, 7) is 3.53. The predicted molar refractivity (Wildman–Crippen MR) is 136 cm³/mol. The van der Waals surface area contributed by atoms with Gasteiger partial charge in [-0.2, -0.15) is 0 Å². The van der Waals surface area contributed by atoms with Crippen molar-refractivity contribution in [2.75, 3.05) is 51.8 Å². The third-order valence-corrected chi connectivity index (χ3v) is 6.37. The number of nitrogens with one attached hydrogen (secondary N) is 2. The van der Waals surface area contributed by atoms with Gasteiger partial charge in [-0.05, 0) is 42.0 Å². The number of amides is 2. The molecule has 1 aromatic carbocycles. The number of carbonyl (C=O) groups is 2. The van der Waals surface area contributed by atoms with Crippen molar-refractivity contribution in [3.8, 4) is 11.3 Å². The van der Waals surface area contributed by atoms with Crippen LogP contribution in [0.1, 0.15) is 37.7 Å². The number of hydrogen-bond donors (Lipinski definition) is 2. The second kappa shape index (κ2) is 9.76. The van der Waals surface area contributed by atoms with Crippen LogP contribution >= 0.6 is 0 Å². The molecule has 5 rings (SSSR count). The van der Waals surface area contributed by atoms with Crippen LogP contribution in [0, 0.1) is 0 Å². The predicted octanol–water partition coefficient (Wildman–Crippen LogP) is 3.07. The van der Waals surface area contributed by atoms with Crippen molar-refractivity contribution < 1.29 is 14.3 Å². The number of aromatic nitrogens is 2. The van der Waals surface area contributed by atoms with Crippen molar-refractivity contribution in [3.63, 3.8) is 0 Å². The number of benzene rings is 1. The number of nitrogens with zero attached hydrogens (tertiary/aromatic N) is 3. The average molecular weight is 472 g/mol. The number of anilines is 1. The zero-order valence-electron chi connectivity index (χ0n) is 20.0. The maximum Gasteiger partial charge on any atom is 0.253 e. The highest BCUT2D eigenvalue weighted by Gasteiger charge is 2.20. The molecule has 0 unspecified atom stereocenters. The monoisotopic (exact) mass is 471 g/mol. The minimum atomic E-state index is -0.0326. The van der Waals surface area contributed by atoms with Crippen LogP contribution in [0.15, 0.2) is 42.6 Å². The Morgan fingerprint density at radius 3 is 2.71 bits per heavy atom. The van der Waals surface area contributed by atoms with Crippen molar-refractivity contribution in [1.82, 2.24) is 20.2 Å². The first-order chi connectivity index (χ1) is 17.0. The number of H-pyrrole nitrogens is 1.